The van der Waals surface area contributed by atoms with Gasteiger partial charge in [-0.25, -0.2) is 9.37 Å². The Labute approximate surface area is 213 Å². The number of pyridine rings is 1. The molecule has 0 aliphatic carbocycles. The third-order valence-electron chi connectivity index (χ3n) is 6.21. The maximum atomic E-state index is 14.2. The second-order valence-electron chi connectivity index (χ2n) is 9.78. The molecule has 1 amide bonds. The summed E-state index contributed by atoms with van der Waals surface area (Å²) >= 11 is 6.40. The largest absolute Gasteiger partial charge is 0.478 e. The molecule has 0 saturated carbocycles. The number of aromatic nitrogens is 3. The fraction of sp³-hybridized carbons (Fsp3) is 0.440. The molecule has 9 nitrogen and oxygen atoms in total. The van der Waals surface area contributed by atoms with Gasteiger partial charge in [-0.3, -0.25) is 9.59 Å². The van der Waals surface area contributed by atoms with E-state index in [1.807, 2.05) is 30.9 Å². The van der Waals surface area contributed by atoms with Crippen LogP contribution in [-0.2, 0) is 11.8 Å². The van der Waals surface area contributed by atoms with Crippen molar-refractivity contribution in [2.45, 2.75) is 32.9 Å². The molecular formula is C25H30ClFN6O3. The fourth-order valence-electron chi connectivity index (χ4n) is 4.41. The van der Waals surface area contributed by atoms with Crippen LogP contribution in [0.2, 0.25) is 5.02 Å². The number of nitrogens with zero attached hydrogens (tertiary/aromatic N) is 4. The second kappa shape index (κ2) is 10.3. The number of hydrogen-bond acceptors (Lipinski definition) is 7. The lowest BCUT2D eigenvalue weighted by atomic mass is 9.87. The zero-order chi connectivity index (χ0) is 26.0. The third-order valence-corrected chi connectivity index (χ3v) is 6.49. The molecule has 1 atom stereocenters. The molecular weight excluding hydrogens is 487 g/mol. The van der Waals surface area contributed by atoms with E-state index in [-0.39, 0.29) is 29.2 Å². The zero-order valence-corrected chi connectivity index (χ0v) is 21.5. The summed E-state index contributed by atoms with van der Waals surface area (Å²) in [6, 6.07) is 7.05. The quantitative estimate of drug-likeness (QED) is 0.513. The highest BCUT2D eigenvalue weighted by atomic mass is 35.5. The Hall–Kier alpha value is -3.40. The number of fused-ring (bicyclic) bond motifs is 1. The predicted octanol–water partition coefficient (Wildman–Crippen LogP) is 3.81. The van der Waals surface area contributed by atoms with Gasteiger partial charge in [-0.2, -0.15) is 4.98 Å². The van der Waals surface area contributed by atoms with Crippen LogP contribution < -0.4 is 25.8 Å². The van der Waals surface area contributed by atoms with Crippen molar-refractivity contribution in [2.24, 2.45) is 12.5 Å². The van der Waals surface area contributed by atoms with Gasteiger partial charge in [0.15, 0.2) is 18.2 Å². The highest BCUT2D eigenvalue weighted by Gasteiger charge is 2.31. The highest BCUT2D eigenvalue weighted by molar-refractivity contribution is 6.32. The summed E-state index contributed by atoms with van der Waals surface area (Å²) in [5, 5.41) is 6.75. The first-order chi connectivity index (χ1) is 17.1. The number of ether oxygens (including phenoxy) is 1. The SMILES string of the molecule is CNC(=O)COc1cc2cc(Nc3nc(N4CCC(F)CC(C)(C)C4)ncc3Cl)ccc2n(C)c1=O. The summed E-state index contributed by atoms with van der Waals surface area (Å²) in [5.41, 5.74) is 0.828. The number of nitrogens with one attached hydrogen (secondary N) is 2. The lowest BCUT2D eigenvalue weighted by Crippen LogP contribution is -2.34. The van der Waals surface area contributed by atoms with Gasteiger partial charge in [0.05, 0.1) is 11.7 Å². The van der Waals surface area contributed by atoms with Crippen LogP contribution in [0.5, 0.6) is 5.75 Å². The number of amides is 1. The van der Waals surface area contributed by atoms with Crippen LogP contribution in [-0.4, -0.2) is 53.4 Å². The van der Waals surface area contributed by atoms with E-state index in [1.54, 1.807) is 19.2 Å². The molecule has 0 bridgehead atoms. The summed E-state index contributed by atoms with van der Waals surface area (Å²) in [5.74, 6) is 0.637. The number of benzene rings is 1. The van der Waals surface area contributed by atoms with Crippen LogP contribution in [0.3, 0.4) is 0 Å². The van der Waals surface area contributed by atoms with Crippen LogP contribution in [0.25, 0.3) is 10.9 Å². The van der Waals surface area contributed by atoms with Gasteiger partial charge < -0.3 is 24.8 Å². The Kier molecular flexibility index (Phi) is 7.35. The van der Waals surface area contributed by atoms with Crippen molar-refractivity contribution in [3.8, 4) is 5.75 Å². The molecule has 1 fully saturated rings. The van der Waals surface area contributed by atoms with Crippen molar-refractivity contribution in [1.29, 1.82) is 0 Å². The molecule has 3 heterocycles. The average Bonchev–Trinajstić information content (AvgIpc) is 2.97. The summed E-state index contributed by atoms with van der Waals surface area (Å²) in [4.78, 5) is 35.2. The molecule has 1 saturated heterocycles. The third kappa shape index (κ3) is 5.70. The average molecular weight is 517 g/mol. The highest BCUT2D eigenvalue weighted by Crippen LogP contribution is 2.33. The molecule has 2 N–H and O–H groups in total. The molecule has 3 aromatic rings. The lowest BCUT2D eigenvalue weighted by molar-refractivity contribution is -0.122. The predicted molar refractivity (Wildman–Crippen MR) is 139 cm³/mol. The zero-order valence-electron chi connectivity index (χ0n) is 20.8. The lowest BCUT2D eigenvalue weighted by Gasteiger charge is -2.29. The van der Waals surface area contributed by atoms with E-state index < -0.39 is 6.17 Å². The minimum atomic E-state index is -0.853. The van der Waals surface area contributed by atoms with Crippen molar-refractivity contribution in [2.75, 3.05) is 37.0 Å². The molecule has 11 heteroatoms. The first-order valence-electron chi connectivity index (χ1n) is 11.7. The maximum absolute atomic E-state index is 14.2. The van der Waals surface area contributed by atoms with Gasteiger partial charge >= 0.3 is 0 Å². The van der Waals surface area contributed by atoms with Crippen molar-refractivity contribution in [3.63, 3.8) is 0 Å². The minimum Gasteiger partial charge on any atom is -0.478 e. The molecule has 0 radical (unpaired) electrons. The monoisotopic (exact) mass is 516 g/mol. The van der Waals surface area contributed by atoms with Gasteiger partial charge in [-0.15, -0.1) is 0 Å². The number of rotatable bonds is 6. The number of hydrogen-bond donors (Lipinski definition) is 2. The molecule has 192 valence electrons. The molecule has 4 rings (SSSR count). The van der Waals surface area contributed by atoms with Gasteiger partial charge in [0.2, 0.25) is 5.95 Å². The van der Waals surface area contributed by atoms with E-state index in [1.165, 1.54) is 17.8 Å². The van der Waals surface area contributed by atoms with E-state index in [2.05, 4.69) is 20.6 Å². The molecule has 1 unspecified atom stereocenters. The van der Waals surface area contributed by atoms with Gasteiger partial charge in [-0.1, -0.05) is 25.4 Å². The number of likely N-dealkylation sites (N-methyl/N-ethyl adjacent to an activating group) is 1. The summed E-state index contributed by atoms with van der Waals surface area (Å²) in [6.07, 6.45) is 1.60. The van der Waals surface area contributed by atoms with E-state index in [4.69, 9.17) is 16.3 Å². The molecule has 36 heavy (non-hydrogen) atoms. The summed E-state index contributed by atoms with van der Waals surface area (Å²) < 4.78 is 21.1. The molecule has 2 aromatic heterocycles. The normalized spacial score (nSPS) is 17.5. The molecule has 0 spiro atoms. The minimum absolute atomic E-state index is 0.0723. The first kappa shape index (κ1) is 25.7. The number of carbonyl (C=O) groups is 1. The van der Waals surface area contributed by atoms with Gasteiger partial charge in [0.25, 0.3) is 11.5 Å². The van der Waals surface area contributed by atoms with E-state index in [0.29, 0.717) is 53.9 Å². The van der Waals surface area contributed by atoms with Crippen LogP contribution in [0.4, 0.5) is 21.8 Å². The standard InChI is InChI=1S/C25H30ClFN6O3/c1-25(2)11-16(27)7-8-33(14-25)24-29-12-18(26)22(31-24)30-17-5-6-19-15(9-17)10-20(23(35)32(19)4)36-13-21(34)28-3/h5-6,9-10,12,16H,7-8,11,13-14H2,1-4H3,(H,28,34)(H,29,30,31). The Bertz CT molecular complexity index is 1350. The Morgan fingerprint density at radius 1 is 1.33 bits per heavy atom. The number of halogens is 2. The Morgan fingerprint density at radius 3 is 2.86 bits per heavy atom. The van der Waals surface area contributed by atoms with E-state index in [0.717, 1.165) is 5.39 Å². The van der Waals surface area contributed by atoms with Gasteiger partial charge in [-0.05, 0) is 42.5 Å². The number of aryl methyl sites for hydroxylation is 1. The maximum Gasteiger partial charge on any atom is 0.293 e. The van der Waals surface area contributed by atoms with Crippen molar-refractivity contribution in [1.82, 2.24) is 19.9 Å². The number of alkyl halides is 1. The molecule has 1 aromatic carbocycles. The van der Waals surface area contributed by atoms with Crippen molar-refractivity contribution >= 4 is 45.9 Å². The van der Waals surface area contributed by atoms with Crippen LogP contribution in [0, 0.1) is 5.41 Å². The van der Waals surface area contributed by atoms with Crippen LogP contribution >= 0.6 is 11.6 Å². The smallest absolute Gasteiger partial charge is 0.293 e. The number of anilines is 3. The fourth-order valence-corrected chi connectivity index (χ4v) is 4.55. The number of carbonyl (C=O) groups excluding carboxylic acids is 1. The van der Waals surface area contributed by atoms with Crippen molar-refractivity contribution < 1.29 is 13.9 Å². The molecule has 1 aliphatic heterocycles. The topological polar surface area (TPSA) is 101 Å². The Balaban J connectivity index is 1.62. The summed E-state index contributed by atoms with van der Waals surface area (Å²) in [6.45, 7) is 4.99. The van der Waals surface area contributed by atoms with E-state index in [9.17, 15) is 14.0 Å². The summed E-state index contributed by atoms with van der Waals surface area (Å²) in [7, 11) is 3.14. The second-order valence-corrected chi connectivity index (χ2v) is 10.2. The Morgan fingerprint density at radius 2 is 2.11 bits per heavy atom. The van der Waals surface area contributed by atoms with Crippen molar-refractivity contribution in [3.05, 3.63) is 45.8 Å². The molecule has 1 aliphatic rings. The van der Waals surface area contributed by atoms with E-state index >= 15 is 0 Å². The first-order valence-corrected chi connectivity index (χ1v) is 12.1. The van der Waals surface area contributed by atoms with Gasteiger partial charge in [0, 0.05) is 38.3 Å². The van der Waals surface area contributed by atoms with Crippen LogP contribution in [0.1, 0.15) is 26.7 Å². The van der Waals surface area contributed by atoms with Gasteiger partial charge in [0.1, 0.15) is 11.2 Å². The van der Waals surface area contributed by atoms with Crippen LogP contribution in [0.15, 0.2) is 35.3 Å².